The van der Waals surface area contributed by atoms with Crippen LogP contribution in [0, 0.1) is 0 Å². The van der Waals surface area contributed by atoms with E-state index in [4.69, 9.17) is 26.4 Å². The van der Waals surface area contributed by atoms with E-state index in [9.17, 15) is 30.0 Å². The van der Waals surface area contributed by atoms with Gasteiger partial charge < -0.3 is 11.1 Å². The minimum absolute atomic E-state index is 0.0592. The summed E-state index contributed by atoms with van der Waals surface area (Å²) in [7, 11) is -13.3. The van der Waals surface area contributed by atoms with E-state index in [1.165, 1.54) is 0 Å². The Kier molecular flexibility index (Phi) is 7.60. The molecule has 0 atom stereocenters. The van der Waals surface area contributed by atoms with Gasteiger partial charge in [-0.25, -0.2) is 8.42 Å². The molecule has 0 fully saturated rings. The van der Waals surface area contributed by atoms with Crippen molar-refractivity contribution in [3.8, 4) is 0 Å². The molecular weight excluding hydrogens is 448 g/mol. The van der Waals surface area contributed by atoms with Crippen LogP contribution in [0.25, 0.3) is 0 Å². The molecule has 0 bridgehead atoms. The van der Waals surface area contributed by atoms with Crippen molar-refractivity contribution in [2.75, 3.05) is 28.4 Å². The van der Waals surface area contributed by atoms with Crippen LogP contribution in [-0.2, 0) is 34.9 Å². The molecule has 0 aromatic heterocycles. The number of benzene rings is 1. The van der Waals surface area contributed by atoms with Gasteiger partial charge in [-0.2, -0.15) is 16.8 Å². The minimum atomic E-state index is -4.96. The third-order valence-corrected chi connectivity index (χ3v) is 7.13. The van der Waals surface area contributed by atoms with E-state index in [1.807, 2.05) is 0 Å². The number of rotatable bonds is 9. The van der Waals surface area contributed by atoms with Gasteiger partial charge in [0.15, 0.2) is 9.84 Å². The van der Waals surface area contributed by atoms with E-state index >= 15 is 0 Å². The molecule has 0 saturated heterocycles. The molecule has 27 heavy (non-hydrogen) atoms. The maximum Gasteiger partial charge on any atom is 0.296 e. The Morgan fingerprint density at radius 1 is 1.00 bits per heavy atom. The van der Waals surface area contributed by atoms with Gasteiger partial charge in [0.05, 0.1) is 17.2 Å². The Morgan fingerprint density at radius 3 is 1.89 bits per heavy atom. The summed E-state index contributed by atoms with van der Waals surface area (Å²) in [5.74, 6) is -1.40. The van der Waals surface area contributed by atoms with Gasteiger partial charge in [-0.1, -0.05) is 0 Å². The number of nitrogens with two attached hydrogens (primary N) is 1. The lowest BCUT2D eigenvalue weighted by Gasteiger charge is -2.12. The molecule has 0 aliphatic rings. The molecule has 1 amide bonds. The predicted molar refractivity (Wildman–Crippen MR) is 97.7 cm³/mol. The Bertz CT molecular complexity index is 981. The van der Waals surface area contributed by atoms with Crippen LogP contribution in [0.5, 0.6) is 0 Å². The molecule has 1 aromatic rings. The van der Waals surface area contributed by atoms with Gasteiger partial charge in [0, 0.05) is 18.0 Å². The molecule has 0 saturated carbocycles. The summed E-state index contributed by atoms with van der Waals surface area (Å²) in [6.45, 7) is 0. The second-order valence-electron chi connectivity index (χ2n) is 5.33. The quantitative estimate of drug-likeness (QED) is 0.221. The van der Waals surface area contributed by atoms with E-state index in [-0.39, 0.29) is 30.2 Å². The van der Waals surface area contributed by atoms with Crippen LogP contribution >= 0.6 is 11.6 Å². The van der Waals surface area contributed by atoms with Crippen LogP contribution in [0.2, 0.25) is 0 Å². The van der Waals surface area contributed by atoms with Gasteiger partial charge in [-0.15, -0.1) is 11.6 Å². The second kappa shape index (κ2) is 8.70. The lowest BCUT2D eigenvalue weighted by Crippen LogP contribution is -2.17. The molecule has 0 aliphatic heterocycles. The molecule has 15 heteroatoms. The summed E-state index contributed by atoms with van der Waals surface area (Å²) in [5.41, 5.74) is 4.03. The molecule has 0 radical (unpaired) electrons. The number of amides is 1. The van der Waals surface area contributed by atoms with Crippen molar-refractivity contribution < 1.29 is 39.2 Å². The maximum atomic E-state index is 11.9. The minimum Gasteiger partial charge on any atom is -0.396 e. The second-order valence-corrected chi connectivity index (χ2v) is 10.8. The zero-order valence-corrected chi connectivity index (χ0v) is 16.8. The third-order valence-electron chi connectivity index (χ3n) is 3.19. The SMILES string of the molecule is Nc1c(S(=O)(=O)O)cc(NC(=O)CCCS(=O)(=O)CCCl)cc1S(=O)(=O)O. The van der Waals surface area contributed by atoms with Crippen molar-refractivity contribution in [1.29, 1.82) is 0 Å². The average Bonchev–Trinajstić information content (AvgIpc) is 2.46. The van der Waals surface area contributed by atoms with Crippen molar-refractivity contribution in [3.05, 3.63) is 12.1 Å². The number of halogens is 1. The number of sulfone groups is 1. The van der Waals surface area contributed by atoms with E-state index in [2.05, 4.69) is 5.32 Å². The first-order valence-electron chi connectivity index (χ1n) is 7.12. The maximum absolute atomic E-state index is 11.9. The van der Waals surface area contributed by atoms with Crippen molar-refractivity contribution in [2.24, 2.45) is 0 Å². The molecule has 11 nitrogen and oxygen atoms in total. The van der Waals surface area contributed by atoms with Gasteiger partial charge in [-0.05, 0) is 18.6 Å². The van der Waals surface area contributed by atoms with E-state index in [0.717, 1.165) is 0 Å². The van der Waals surface area contributed by atoms with Gasteiger partial charge in [-0.3, -0.25) is 13.9 Å². The first kappa shape index (κ1) is 23.6. The third kappa shape index (κ3) is 7.23. The van der Waals surface area contributed by atoms with E-state index in [0.29, 0.717) is 12.1 Å². The molecule has 0 spiro atoms. The Morgan fingerprint density at radius 2 is 1.48 bits per heavy atom. The van der Waals surface area contributed by atoms with Crippen LogP contribution in [0.3, 0.4) is 0 Å². The Hall–Kier alpha value is -1.45. The van der Waals surface area contributed by atoms with Crippen LogP contribution in [0.1, 0.15) is 12.8 Å². The molecule has 154 valence electrons. The first-order chi connectivity index (χ1) is 12.2. The lowest BCUT2D eigenvalue weighted by molar-refractivity contribution is -0.116. The summed E-state index contributed by atoms with van der Waals surface area (Å²) in [5, 5.41) is 2.15. The summed E-state index contributed by atoms with van der Waals surface area (Å²) in [6, 6.07) is 1.39. The monoisotopic (exact) mass is 464 g/mol. The van der Waals surface area contributed by atoms with Crippen LogP contribution in [-0.4, -0.2) is 57.7 Å². The van der Waals surface area contributed by atoms with Gasteiger partial charge in [0.2, 0.25) is 5.91 Å². The standard InChI is InChI=1S/C12H17ClN2O9S3/c13-3-5-25(17,18)4-1-2-11(16)15-8-6-9(26(19,20)21)12(14)10(7-8)27(22,23)24/h6-7H,1-5,14H2,(H,15,16)(H,19,20,21)(H,22,23,24). The van der Waals surface area contributed by atoms with Crippen molar-refractivity contribution in [3.63, 3.8) is 0 Å². The predicted octanol–water partition coefficient (Wildman–Crippen LogP) is 0.135. The van der Waals surface area contributed by atoms with Crippen molar-refractivity contribution in [2.45, 2.75) is 22.6 Å². The van der Waals surface area contributed by atoms with Crippen LogP contribution < -0.4 is 11.1 Å². The molecule has 1 rings (SSSR count). The highest BCUT2D eigenvalue weighted by Gasteiger charge is 2.24. The topological polar surface area (TPSA) is 198 Å². The summed E-state index contributed by atoms with van der Waals surface area (Å²) in [6.07, 6.45) is -0.343. The number of carbonyl (C=O) groups excluding carboxylic acids is 1. The van der Waals surface area contributed by atoms with Crippen LogP contribution in [0.4, 0.5) is 11.4 Å². The first-order valence-corrected chi connectivity index (χ1v) is 12.4. The van der Waals surface area contributed by atoms with Crippen molar-refractivity contribution in [1.82, 2.24) is 0 Å². The lowest BCUT2D eigenvalue weighted by atomic mass is 10.2. The summed E-state index contributed by atoms with van der Waals surface area (Å²) < 4.78 is 86.5. The normalized spacial score (nSPS) is 12.7. The van der Waals surface area contributed by atoms with Gasteiger partial charge in [0.25, 0.3) is 20.2 Å². The number of nitrogens with one attached hydrogen (secondary N) is 1. The highest BCUT2D eigenvalue weighted by atomic mass is 35.5. The smallest absolute Gasteiger partial charge is 0.296 e. The van der Waals surface area contributed by atoms with Gasteiger partial charge in [0.1, 0.15) is 9.79 Å². The highest BCUT2D eigenvalue weighted by Crippen LogP contribution is 2.30. The van der Waals surface area contributed by atoms with Gasteiger partial charge >= 0.3 is 0 Å². The highest BCUT2D eigenvalue weighted by molar-refractivity contribution is 7.91. The molecular formula is C12H17ClN2O9S3. The number of carbonyl (C=O) groups is 1. The largest absolute Gasteiger partial charge is 0.396 e. The Labute approximate surface area is 161 Å². The fraction of sp³-hybridized carbons (Fsp3) is 0.417. The summed E-state index contributed by atoms with van der Waals surface area (Å²) >= 11 is 5.34. The zero-order chi connectivity index (χ0) is 21.0. The fourth-order valence-electron chi connectivity index (χ4n) is 2.00. The van der Waals surface area contributed by atoms with E-state index in [1.54, 1.807) is 0 Å². The van der Waals surface area contributed by atoms with E-state index < -0.39 is 57.1 Å². The fourth-order valence-corrected chi connectivity index (χ4v) is 5.12. The number of anilines is 2. The number of hydrogen-bond donors (Lipinski definition) is 4. The Balaban J connectivity index is 3.05. The molecule has 5 N–H and O–H groups in total. The molecule has 0 heterocycles. The average molecular weight is 465 g/mol. The zero-order valence-electron chi connectivity index (χ0n) is 13.6. The molecule has 0 unspecified atom stereocenters. The number of nitrogen functional groups attached to an aromatic ring is 1. The molecule has 0 aliphatic carbocycles. The number of alkyl halides is 1. The summed E-state index contributed by atoms with van der Waals surface area (Å²) in [4.78, 5) is 9.82. The molecule has 1 aromatic carbocycles. The van der Waals surface area contributed by atoms with Crippen molar-refractivity contribution >= 4 is 59.0 Å². The van der Waals surface area contributed by atoms with Crippen LogP contribution in [0.15, 0.2) is 21.9 Å². The number of hydrogen-bond acceptors (Lipinski definition) is 8.